The summed E-state index contributed by atoms with van der Waals surface area (Å²) in [5.41, 5.74) is 2.58. The first kappa shape index (κ1) is 7.01. The fourth-order valence-corrected chi connectivity index (χ4v) is 0.585. The minimum atomic E-state index is -0.551. The molecule has 1 fully saturated rings. The molecule has 1 aliphatic rings. The lowest BCUT2D eigenvalue weighted by molar-refractivity contribution is -0.155. The van der Waals surface area contributed by atoms with Crippen LogP contribution in [0.2, 0.25) is 0 Å². The molecule has 0 saturated carbocycles. The van der Waals surface area contributed by atoms with Gasteiger partial charge in [0.15, 0.2) is 0 Å². The Morgan fingerprint density at radius 3 is 2.40 bits per heavy atom. The van der Waals surface area contributed by atoms with Gasteiger partial charge in [-0.15, -0.1) is 0 Å². The van der Waals surface area contributed by atoms with E-state index in [1.165, 1.54) is 25.7 Å². The van der Waals surface area contributed by atoms with Crippen LogP contribution in [0.4, 0.5) is 0 Å². The minimum Gasteiger partial charge on any atom is -0.317 e. The number of amides is 2. The SMILES string of the molecule is CN1[CH]NN(C)C(=O)C1=O. The highest BCUT2D eigenvalue weighted by Crippen LogP contribution is 1.97. The predicted octanol–water partition coefficient (Wildman–Crippen LogP) is -1.46. The van der Waals surface area contributed by atoms with Gasteiger partial charge in [-0.05, 0) is 0 Å². The van der Waals surface area contributed by atoms with Crippen LogP contribution in [0, 0.1) is 6.67 Å². The maximum absolute atomic E-state index is 10.8. The molecule has 1 heterocycles. The van der Waals surface area contributed by atoms with Gasteiger partial charge in [-0.2, -0.15) is 0 Å². The zero-order valence-electron chi connectivity index (χ0n) is 5.79. The molecule has 55 valence electrons. The van der Waals surface area contributed by atoms with Gasteiger partial charge in [0.2, 0.25) is 0 Å². The largest absolute Gasteiger partial charge is 0.326 e. The zero-order chi connectivity index (χ0) is 7.72. The maximum Gasteiger partial charge on any atom is 0.326 e. The first-order valence-electron chi connectivity index (χ1n) is 2.77. The molecule has 0 bridgehead atoms. The Morgan fingerprint density at radius 1 is 1.30 bits per heavy atom. The maximum atomic E-state index is 10.8. The molecule has 0 aromatic rings. The number of hydrogen-bond acceptors (Lipinski definition) is 3. The summed E-state index contributed by atoms with van der Waals surface area (Å²) in [5, 5.41) is 1.13. The zero-order valence-corrected chi connectivity index (χ0v) is 5.79. The molecule has 0 unspecified atom stereocenters. The van der Waals surface area contributed by atoms with Crippen molar-refractivity contribution >= 4 is 11.8 Å². The number of hydrogen-bond donors (Lipinski definition) is 1. The quantitative estimate of drug-likeness (QED) is 0.420. The Labute approximate surface area is 58.6 Å². The van der Waals surface area contributed by atoms with Crippen LogP contribution in [-0.4, -0.2) is 35.8 Å². The van der Waals surface area contributed by atoms with Crippen molar-refractivity contribution in [2.45, 2.75) is 0 Å². The molecule has 0 atom stereocenters. The standard InChI is InChI=1S/C5H8N3O2/c1-7-3-6-8(2)5(10)4(7)9/h3,6H,1-2H3. The van der Waals surface area contributed by atoms with Crippen molar-refractivity contribution in [3.05, 3.63) is 6.67 Å². The smallest absolute Gasteiger partial charge is 0.317 e. The summed E-state index contributed by atoms with van der Waals surface area (Å²) in [7, 11) is 3.00. The minimum absolute atomic E-state index is 0.527. The van der Waals surface area contributed by atoms with Gasteiger partial charge in [-0.3, -0.25) is 14.6 Å². The van der Waals surface area contributed by atoms with Crippen molar-refractivity contribution < 1.29 is 9.59 Å². The lowest BCUT2D eigenvalue weighted by Crippen LogP contribution is -2.54. The molecule has 1 aliphatic heterocycles. The van der Waals surface area contributed by atoms with Crippen LogP contribution in [0.1, 0.15) is 0 Å². The highest BCUT2D eigenvalue weighted by atomic mass is 16.2. The van der Waals surface area contributed by atoms with E-state index in [1.54, 1.807) is 0 Å². The molecule has 5 heteroatoms. The summed E-state index contributed by atoms with van der Waals surface area (Å²) >= 11 is 0. The third-order valence-corrected chi connectivity index (χ3v) is 1.25. The molecule has 0 aromatic carbocycles. The van der Waals surface area contributed by atoms with Crippen LogP contribution in [0.3, 0.4) is 0 Å². The number of likely N-dealkylation sites (N-methyl/N-ethyl adjacent to an activating group) is 2. The van der Waals surface area contributed by atoms with Gasteiger partial charge in [-0.25, -0.2) is 5.43 Å². The van der Waals surface area contributed by atoms with Crippen molar-refractivity contribution in [2.24, 2.45) is 0 Å². The molecule has 1 rings (SSSR count). The number of carbonyl (C=O) groups excluding carboxylic acids is 2. The van der Waals surface area contributed by atoms with Gasteiger partial charge < -0.3 is 4.90 Å². The normalized spacial score (nSPS) is 20.2. The second-order valence-electron chi connectivity index (χ2n) is 2.04. The molecule has 1 N–H and O–H groups in total. The molecule has 2 amide bonds. The van der Waals surface area contributed by atoms with Crippen LogP contribution in [0.5, 0.6) is 0 Å². The van der Waals surface area contributed by atoms with E-state index >= 15 is 0 Å². The molecule has 0 spiro atoms. The van der Waals surface area contributed by atoms with Gasteiger partial charge in [0, 0.05) is 14.1 Å². The van der Waals surface area contributed by atoms with Crippen molar-refractivity contribution in [1.29, 1.82) is 0 Å². The summed E-state index contributed by atoms with van der Waals surface area (Å²) in [6.45, 7) is 1.42. The molecular formula is C5H8N3O2. The van der Waals surface area contributed by atoms with E-state index in [2.05, 4.69) is 5.43 Å². The summed E-state index contributed by atoms with van der Waals surface area (Å²) in [4.78, 5) is 22.8. The van der Waals surface area contributed by atoms with E-state index < -0.39 is 11.8 Å². The van der Waals surface area contributed by atoms with E-state index in [4.69, 9.17) is 0 Å². The lowest BCUT2D eigenvalue weighted by Gasteiger charge is -2.28. The average molecular weight is 142 g/mol. The van der Waals surface area contributed by atoms with Crippen molar-refractivity contribution in [1.82, 2.24) is 15.3 Å². The highest BCUT2D eigenvalue weighted by molar-refractivity contribution is 6.35. The lowest BCUT2D eigenvalue weighted by atomic mass is 10.4. The number of nitrogens with zero attached hydrogens (tertiary/aromatic N) is 2. The Morgan fingerprint density at radius 2 is 1.90 bits per heavy atom. The number of carbonyl (C=O) groups is 2. The number of hydrazine groups is 1. The molecular weight excluding hydrogens is 134 g/mol. The predicted molar refractivity (Wildman–Crippen MR) is 33.0 cm³/mol. The summed E-state index contributed by atoms with van der Waals surface area (Å²) in [5.74, 6) is -1.08. The van der Waals surface area contributed by atoms with Gasteiger partial charge in [0.1, 0.15) is 6.67 Å². The van der Waals surface area contributed by atoms with Gasteiger partial charge in [0.25, 0.3) is 0 Å². The fourth-order valence-electron chi connectivity index (χ4n) is 0.585. The van der Waals surface area contributed by atoms with Crippen molar-refractivity contribution in [3.63, 3.8) is 0 Å². The molecule has 10 heavy (non-hydrogen) atoms. The summed E-state index contributed by atoms with van der Waals surface area (Å²) in [6, 6.07) is 0. The van der Waals surface area contributed by atoms with Crippen LogP contribution in [0.25, 0.3) is 0 Å². The van der Waals surface area contributed by atoms with Crippen LogP contribution < -0.4 is 5.43 Å². The van der Waals surface area contributed by atoms with Crippen molar-refractivity contribution in [2.75, 3.05) is 14.1 Å². The van der Waals surface area contributed by atoms with E-state index in [-0.39, 0.29) is 0 Å². The first-order valence-corrected chi connectivity index (χ1v) is 2.77. The topological polar surface area (TPSA) is 52.6 Å². The summed E-state index contributed by atoms with van der Waals surface area (Å²) in [6.07, 6.45) is 0. The third-order valence-electron chi connectivity index (χ3n) is 1.25. The Hall–Kier alpha value is -1.10. The second kappa shape index (κ2) is 2.26. The molecule has 0 aliphatic carbocycles. The van der Waals surface area contributed by atoms with Gasteiger partial charge >= 0.3 is 11.8 Å². The van der Waals surface area contributed by atoms with E-state index in [0.29, 0.717) is 0 Å². The van der Waals surface area contributed by atoms with E-state index in [1.807, 2.05) is 0 Å². The first-order chi connectivity index (χ1) is 4.63. The molecule has 1 saturated heterocycles. The third kappa shape index (κ3) is 0.950. The second-order valence-corrected chi connectivity index (χ2v) is 2.04. The highest BCUT2D eigenvalue weighted by Gasteiger charge is 2.27. The monoisotopic (exact) mass is 142 g/mol. The van der Waals surface area contributed by atoms with Crippen molar-refractivity contribution in [3.8, 4) is 0 Å². The average Bonchev–Trinajstić information content (AvgIpc) is 1.93. The number of rotatable bonds is 0. The molecule has 0 aromatic heterocycles. The van der Waals surface area contributed by atoms with E-state index in [9.17, 15) is 9.59 Å². The Balaban J connectivity index is 2.70. The molecule has 5 nitrogen and oxygen atoms in total. The molecule has 1 radical (unpaired) electrons. The Kier molecular flexibility index (Phi) is 1.58. The van der Waals surface area contributed by atoms with Crippen LogP contribution >= 0.6 is 0 Å². The van der Waals surface area contributed by atoms with Crippen LogP contribution in [0.15, 0.2) is 0 Å². The fraction of sp³-hybridized carbons (Fsp3) is 0.400. The Bertz CT molecular complexity index is 160. The van der Waals surface area contributed by atoms with Crippen LogP contribution in [-0.2, 0) is 9.59 Å². The van der Waals surface area contributed by atoms with Gasteiger partial charge in [0.05, 0.1) is 0 Å². The number of nitrogens with one attached hydrogen (secondary N) is 1. The van der Waals surface area contributed by atoms with E-state index in [0.717, 1.165) is 5.01 Å². The summed E-state index contributed by atoms with van der Waals surface area (Å²) < 4.78 is 0. The van der Waals surface area contributed by atoms with Gasteiger partial charge in [-0.1, -0.05) is 0 Å².